The number of nitrogens with two attached hydrogens (primary N) is 1. The maximum Gasteiger partial charge on any atom is 0.0368 e. The van der Waals surface area contributed by atoms with Crippen molar-refractivity contribution in [3.05, 3.63) is 29.8 Å². The molecule has 0 bridgehead atoms. The van der Waals surface area contributed by atoms with Gasteiger partial charge in [-0.15, -0.1) is 0 Å². The van der Waals surface area contributed by atoms with Gasteiger partial charge in [-0.25, -0.2) is 0 Å². The lowest BCUT2D eigenvalue weighted by Crippen LogP contribution is -2.31. The van der Waals surface area contributed by atoms with Gasteiger partial charge in [-0.05, 0) is 50.8 Å². The summed E-state index contributed by atoms with van der Waals surface area (Å²) in [4.78, 5) is 2.45. The second-order valence-corrected chi connectivity index (χ2v) is 5.33. The monoisotopic (exact) mass is 248 g/mol. The fourth-order valence-electron chi connectivity index (χ4n) is 2.20. The SMILES string of the molecule is CCCN(c1ccc(CC(N)CC)cc1)C(C)C. The third kappa shape index (κ3) is 4.34. The average Bonchev–Trinajstić information content (AvgIpc) is 2.36. The molecule has 0 saturated heterocycles. The number of nitrogens with zero attached hydrogens (tertiary/aromatic N) is 1. The Balaban J connectivity index is 2.74. The second kappa shape index (κ2) is 7.42. The Morgan fingerprint density at radius 3 is 2.17 bits per heavy atom. The highest BCUT2D eigenvalue weighted by Crippen LogP contribution is 2.19. The molecule has 1 atom stereocenters. The maximum absolute atomic E-state index is 5.99. The van der Waals surface area contributed by atoms with E-state index in [2.05, 4.69) is 56.9 Å². The number of benzene rings is 1. The van der Waals surface area contributed by atoms with Crippen LogP contribution in [0.1, 0.15) is 46.1 Å². The van der Waals surface area contributed by atoms with Crippen LogP contribution in [-0.2, 0) is 6.42 Å². The maximum atomic E-state index is 5.99. The number of rotatable bonds is 7. The topological polar surface area (TPSA) is 29.3 Å². The Labute approximate surface area is 112 Å². The smallest absolute Gasteiger partial charge is 0.0368 e. The molecule has 0 aliphatic heterocycles. The van der Waals surface area contributed by atoms with E-state index in [0.717, 1.165) is 19.4 Å². The molecule has 1 aromatic carbocycles. The fourth-order valence-corrected chi connectivity index (χ4v) is 2.20. The molecule has 0 heterocycles. The summed E-state index contributed by atoms with van der Waals surface area (Å²) < 4.78 is 0. The zero-order valence-electron chi connectivity index (χ0n) is 12.3. The molecule has 0 fully saturated rings. The predicted molar refractivity (Wildman–Crippen MR) is 81.2 cm³/mol. The van der Waals surface area contributed by atoms with Gasteiger partial charge in [0.15, 0.2) is 0 Å². The molecule has 0 aliphatic rings. The lowest BCUT2D eigenvalue weighted by molar-refractivity contribution is 0.645. The van der Waals surface area contributed by atoms with Crippen LogP contribution < -0.4 is 10.6 Å². The molecule has 102 valence electrons. The standard InChI is InChI=1S/C16H28N2/c1-5-11-18(13(3)4)16-9-7-14(8-10-16)12-15(17)6-2/h7-10,13,15H,5-6,11-12,17H2,1-4H3. The fraction of sp³-hybridized carbons (Fsp3) is 0.625. The molecule has 2 nitrogen and oxygen atoms in total. The van der Waals surface area contributed by atoms with Crippen molar-refractivity contribution in [2.45, 2.75) is 59.0 Å². The number of hydrogen-bond acceptors (Lipinski definition) is 2. The Bertz CT molecular complexity index is 329. The predicted octanol–water partition coefficient (Wildman–Crippen LogP) is 3.59. The highest BCUT2D eigenvalue weighted by atomic mass is 15.1. The molecule has 1 unspecified atom stereocenters. The van der Waals surface area contributed by atoms with E-state index in [1.54, 1.807) is 0 Å². The van der Waals surface area contributed by atoms with Gasteiger partial charge in [0.25, 0.3) is 0 Å². The molecule has 2 N–H and O–H groups in total. The molecule has 0 aliphatic carbocycles. The van der Waals surface area contributed by atoms with Crippen molar-refractivity contribution in [3.63, 3.8) is 0 Å². The lowest BCUT2D eigenvalue weighted by atomic mass is 10.0. The summed E-state index contributed by atoms with van der Waals surface area (Å²) in [5.74, 6) is 0. The van der Waals surface area contributed by atoms with E-state index in [-0.39, 0.29) is 6.04 Å². The summed E-state index contributed by atoms with van der Waals surface area (Å²) in [7, 11) is 0. The van der Waals surface area contributed by atoms with Crippen molar-refractivity contribution in [1.29, 1.82) is 0 Å². The molecule has 0 radical (unpaired) electrons. The minimum absolute atomic E-state index is 0.285. The van der Waals surface area contributed by atoms with E-state index in [4.69, 9.17) is 5.73 Å². The third-order valence-electron chi connectivity index (χ3n) is 3.38. The highest BCUT2D eigenvalue weighted by molar-refractivity contribution is 5.48. The zero-order valence-corrected chi connectivity index (χ0v) is 12.3. The van der Waals surface area contributed by atoms with Crippen LogP contribution in [0.4, 0.5) is 5.69 Å². The van der Waals surface area contributed by atoms with E-state index >= 15 is 0 Å². The summed E-state index contributed by atoms with van der Waals surface area (Å²) in [5, 5.41) is 0. The Hall–Kier alpha value is -1.02. The van der Waals surface area contributed by atoms with Gasteiger partial charge in [0, 0.05) is 24.3 Å². The van der Waals surface area contributed by atoms with Crippen LogP contribution in [0.15, 0.2) is 24.3 Å². The molecule has 2 heteroatoms. The summed E-state index contributed by atoms with van der Waals surface area (Å²) in [6.45, 7) is 9.98. The first-order valence-corrected chi connectivity index (χ1v) is 7.19. The highest BCUT2D eigenvalue weighted by Gasteiger charge is 2.09. The van der Waals surface area contributed by atoms with Crippen molar-refractivity contribution in [2.24, 2.45) is 5.73 Å². The molecule has 1 aromatic rings. The number of anilines is 1. The van der Waals surface area contributed by atoms with E-state index in [9.17, 15) is 0 Å². The minimum Gasteiger partial charge on any atom is -0.369 e. The van der Waals surface area contributed by atoms with Crippen molar-refractivity contribution >= 4 is 5.69 Å². The molecular weight excluding hydrogens is 220 g/mol. The van der Waals surface area contributed by atoms with E-state index in [1.807, 2.05) is 0 Å². The molecule has 0 amide bonds. The van der Waals surface area contributed by atoms with Gasteiger partial charge in [0.1, 0.15) is 0 Å². The van der Waals surface area contributed by atoms with E-state index in [0.29, 0.717) is 6.04 Å². The van der Waals surface area contributed by atoms with Gasteiger partial charge < -0.3 is 10.6 Å². The second-order valence-electron chi connectivity index (χ2n) is 5.33. The van der Waals surface area contributed by atoms with E-state index < -0.39 is 0 Å². The van der Waals surface area contributed by atoms with E-state index in [1.165, 1.54) is 17.7 Å². The largest absolute Gasteiger partial charge is 0.369 e. The Morgan fingerprint density at radius 1 is 1.11 bits per heavy atom. The van der Waals surface area contributed by atoms with Crippen LogP contribution in [0.2, 0.25) is 0 Å². The lowest BCUT2D eigenvalue weighted by Gasteiger charge is -2.28. The van der Waals surface area contributed by atoms with Crippen LogP contribution in [0, 0.1) is 0 Å². The third-order valence-corrected chi connectivity index (χ3v) is 3.38. The van der Waals surface area contributed by atoms with Crippen molar-refractivity contribution < 1.29 is 0 Å². The quantitative estimate of drug-likeness (QED) is 0.799. The average molecular weight is 248 g/mol. The summed E-state index contributed by atoms with van der Waals surface area (Å²) in [6, 6.07) is 9.73. The van der Waals surface area contributed by atoms with Gasteiger partial charge in [-0.3, -0.25) is 0 Å². The van der Waals surface area contributed by atoms with Crippen LogP contribution in [-0.4, -0.2) is 18.6 Å². The first-order valence-electron chi connectivity index (χ1n) is 7.19. The molecule has 0 saturated carbocycles. The zero-order chi connectivity index (χ0) is 13.5. The normalized spacial score (nSPS) is 12.8. The van der Waals surface area contributed by atoms with Gasteiger partial charge in [-0.1, -0.05) is 26.0 Å². The molecule has 18 heavy (non-hydrogen) atoms. The summed E-state index contributed by atoms with van der Waals surface area (Å²) >= 11 is 0. The summed E-state index contributed by atoms with van der Waals surface area (Å²) in [6.07, 6.45) is 3.20. The summed E-state index contributed by atoms with van der Waals surface area (Å²) in [5.41, 5.74) is 8.65. The van der Waals surface area contributed by atoms with Crippen LogP contribution in [0.5, 0.6) is 0 Å². The minimum atomic E-state index is 0.285. The Morgan fingerprint density at radius 2 is 1.72 bits per heavy atom. The van der Waals surface area contributed by atoms with Gasteiger partial charge >= 0.3 is 0 Å². The van der Waals surface area contributed by atoms with Crippen molar-refractivity contribution in [2.75, 3.05) is 11.4 Å². The van der Waals surface area contributed by atoms with Crippen molar-refractivity contribution in [1.82, 2.24) is 0 Å². The Kier molecular flexibility index (Phi) is 6.20. The van der Waals surface area contributed by atoms with Crippen molar-refractivity contribution in [3.8, 4) is 0 Å². The van der Waals surface area contributed by atoms with Gasteiger partial charge in [-0.2, -0.15) is 0 Å². The van der Waals surface area contributed by atoms with Crippen LogP contribution >= 0.6 is 0 Å². The first-order chi connectivity index (χ1) is 8.58. The first kappa shape index (κ1) is 15.0. The number of hydrogen-bond donors (Lipinski definition) is 1. The molecule has 0 spiro atoms. The van der Waals surface area contributed by atoms with Crippen LogP contribution in [0.25, 0.3) is 0 Å². The molecule has 1 rings (SSSR count). The van der Waals surface area contributed by atoms with Crippen LogP contribution in [0.3, 0.4) is 0 Å². The molecular formula is C16H28N2. The molecule has 0 aromatic heterocycles. The van der Waals surface area contributed by atoms with Gasteiger partial charge in [0.05, 0.1) is 0 Å². The van der Waals surface area contributed by atoms with Gasteiger partial charge in [0.2, 0.25) is 0 Å².